The Morgan fingerprint density at radius 1 is 1.50 bits per heavy atom. The van der Waals surface area contributed by atoms with Crippen molar-refractivity contribution in [3.63, 3.8) is 0 Å². The van der Waals surface area contributed by atoms with Gasteiger partial charge < -0.3 is 15.6 Å². The summed E-state index contributed by atoms with van der Waals surface area (Å²) in [6, 6.07) is 4.42. The summed E-state index contributed by atoms with van der Waals surface area (Å²) >= 11 is 3.21. The molecule has 1 rings (SSSR count). The lowest BCUT2D eigenvalue weighted by atomic mass is 9.81. The van der Waals surface area contributed by atoms with Gasteiger partial charge in [0.2, 0.25) is 0 Å². The van der Waals surface area contributed by atoms with Crippen LogP contribution in [0.15, 0.2) is 22.7 Å². The Bertz CT molecular complexity index is 437. The third-order valence-electron chi connectivity index (χ3n) is 2.82. The van der Waals surface area contributed by atoms with E-state index in [0.29, 0.717) is 4.47 Å². The second-order valence-electron chi connectivity index (χ2n) is 4.40. The zero-order valence-corrected chi connectivity index (χ0v) is 12.8. The average Bonchev–Trinajstić information content (AvgIpc) is 2.30. The van der Waals surface area contributed by atoms with Crippen molar-refractivity contribution in [1.29, 1.82) is 0 Å². The smallest absolute Gasteiger partial charge is 0.313 e. The van der Waals surface area contributed by atoms with Crippen molar-refractivity contribution in [1.82, 2.24) is 0 Å². The van der Waals surface area contributed by atoms with Gasteiger partial charge in [-0.25, -0.2) is 0 Å². The zero-order chi connectivity index (χ0) is 13.2. The van der Waals surface area contributed by atoms with Crippen LogP contribution in [-0.4, -0.2) is 18.2 Å². The third-order valence-corrected chi connectivity index (χ3v) is 3.46. The van der Waals surface area contributed by atoms with E-state index in [1.54, 1.807) is 26.0 Å². The number of aromatic hydroxyl groups is 1. The second-order valence-corrected chi connectivity index (χ2v) is 5.26. The molecule has 0 spiro atoms. The Morgan fingerprint density at radius 2 is 2.06 bits per heavy atom. The van der Waals surface area contributed by atoms with Gasteiger partial charge in [0.15, 0.2) is 0 Å². The fourth-order valence-electron chi connectivity index (χ4n) is 1.52. The van der Waals surface area contributed by atoms with E-state index >= 15 is 0 Å². The first kappa shape index (κ1) is 17.2. The molecule has 0 aliphatic heterocycles. The molecule has 0 aliphatic carbocycles. The molecule has 18 heavy (non-hydrogen) atoms. The van der Waals surface area contributed by atoms with Crippen molar-refractivity contribution < 1.29 is 14.6 Å². The molecule has 1 aromatic carbocycles. The monoisotopic (exact) mass is 337 g/mol. The van der Waals surface area contributed by atoms with E-state index in [9.17, 15) is 9.90 Å². The molecule has 0 aromatic heterocycles. The number of halogens is 2. The maximum absolute atomic E-state index is 11.6. The minimum Gasteiger partial charge on any atom is -0.507 e. The average molecular weight is 339 g/mol. The molecule has 0 fully saturated rings. The molecule has 0 heterocycles. The highest BCUT2D eigenvalue weighted by atomic mass is 79.9. The fraction of sp³-hybridized carbons (Fsp3) is 0.417. The number of methoxy groups -OCH3 is 1. The third kappa shape index (κ3) is 3.37. The van der Waals surface area contributed by atoms with E-state index in [1.165, 1.54) is 13.2 Å². The highest BCUT2D eigenvalue weighted by Crippen LogP contribution is 2.35. The highest BCUT2D eigenvalue weighted by Gasteiger charge is 2.36. The molecule has 0 unspecified atom stereocenters. The van der Waals surface area contributed by atoms with Gasteiger partial charge in [0.05, 0.1) is 17.0 Å². The summed E-state index contributed by atoms with van der Waals surface area (Å²) in [6.07, 6.45) is 0. The molecule has 0 saturated carbocycles. The summed E-state index contributed by atoms with van der Waals surface area (Å²) < 4.78 is 5.28. The number of hydrogen-bond acceptors (Lipinski definition) is 4. The van der Waals surface area contributed by atoms with Crippen LogP contribution >= 0.6 is 28.3 Å². The molecule has 102 valence electrons. The summed E-state index contributed by atoms with van der Waals surface area (Å²) in [5.41, 5.74) is 5.99. The Balaban J connectivity index is 0.00000289. The second kappa shape index (κ2) is 6.41. The van der Waals surface area contributed by atoms with Crippen molar-refractivity contribution >= 4 is 34.3 Å². The predicted molar refractivity (Wildman–Crippen MR) is 75.8 cm³/mol. The lowest BCUT2D eigenvalue weighted by molar-refractivity contribution is -0.152. The molecular weight excluding hydrogens is 321 g/mol. The van der Waals surface area contributed by atoms with Crippen LogP contribution in [0.4, 0.5) is 0 Å². The van der Waals surface area contributed by atoms with Gasteiger partial charge >= 0.3 is 5.97 Å². The topological polar surface area (TPSA) is 72.5 Å². The van der Waals surface area contributed by atoms with Gasteiger partial charge in [-0.05, 0) is 47.5 Å². The van der Waals surface area contributed by atoms with E-state index in [1.807, 2.05) is 0 Å². The number of carbonyl (C=O) groups is 1. The van der Waals surface area contributed by atoms with Crippen LogP contribution in [0.2, 0.25) is 0 Å². The first-order valence-electron chi connectivity index (χ1n) is 5.13. The Morgan fingerprint density at radius 3 is 2.50 bits per heavy atom. The van der Waals surface area contributed by atoms with Gasteiger partial charge in [0, 0.05) is 6.04 Å². The van der Waals surface area contributed by atoms with Crippen LogP contribution in [0.1, 0.15) is 25.5 Å². The van der Waals surface area contributed by atoms with Crippen LogP contribution in [0.5, 0.6) is 5.75 Å². The molecule has 0 amide bonds. The van der Waals surface area contributed by atoms with Gasteiger partial charge in [-0.15, -0.1) is 12.4 Å². The van der Waals surface area contributed by atoms with E-state index in [2.05, 4.69) is 15.9 Å². The van der Waals surface area contributed by atoms with Crippen molar-refractivity contribution in [2.75, 3.05) is 7.11 Å². The first-order valence-corrected chi connectivity index (χ1v) is 5.92. The molecule has 0 aliphatic rings. The minimum absolute atomic E-state index is 0. The normalized spacial score (nSPS) is 12.5. The summed E-state index contributed by atoms with van der Waals surface area (Å²) in [7, 11) is 1.34. The Hall–Kier alpha value is -0.780. The van der Waals surface area contributed by atoms with Gasteiger partial charge in [-0.1, -0.05) is 6.07 Å². The van der Waals surface area contributed by atoms with Crippen molar-refractivity contribution in [3.8, 4) is 5.75 Å². The van der Waals surface area contributed by atoms with Crippen molar-refractivity contribution in [3.05, 3.63) is 28.2 Å². The highest BCUT2D eigenvalue weighted by molar-refractivity contribution is 9.10. The summed E-state index contributed by atoms with van der Waals surface area (Å²) in [5.74, 6) is -0.231. The van der Waals surface area contributed by atoms with E-state index < -0.39 is 11.5 Å². The number of hydrogen-bond donors (Lipinski definition) is 2. The summed E-state index contributed by atoms with van der Waals surface area (Å²) in [6.45, 7) is 3.45. The molecule has 0 radical (unpaired) electrons. The van der Waals surface area contributed by atoms with Crippen molar-refractivity contribution in [2.45, 2.75) is 19.9 Å². The minimum atomic E-state index is -0.828. The molecule has 1 atom stereocenters. The largest absolute Gasteiger partial charge is 0.507 e. The molecule has 6 heteroatoms. The van der Waals surface area contributed by atoms with Crippen LogP contribution in [0, 0.1) is 5.41 Å². The number of benzene rings is 1. The standard InChI is InChI=1S/C12H16BrNO3.ClH/c1-12(2,11(16)17-3)10(14)7-4-5-9(15)8(13)6-7;/h4-6,10,15H,14H2,1-3H3;1H/t10-;/m1./s1. The molecule has 0 saturated heterocycles. The van der Waals surface area contributed by atoms with Gasteiger partial charge in [-0.2, -0.15) is 0 Å². The van der Waals surface area contributed by atoms with E-state index in [4.69, 9.17) is 10.5 Å². The number of nitrogens with two attached hydrogens (primary N) is 1. The van der Waals surface area contributed by atoms with Crippen molar-refractivity contribution in [2.24, 2.45) is 11.1 Å². The van der Waals surface area contributed by atoms with E-state index in [0.717, 1.165) is 5.56 Å². The molecular formula is C12H17BrClNO3. The van der Waals surface area contributed by atoms with Gasteiger partial charge in [-0.3, -0.25) is 4.79 Å². The summed E-state index contributed by atoms with van der Waals surface area (Å²) in [4.78, 5) is 11.6. The van der Waals surface area contributed by atoms with Crippen LogP contribution in [-0.2, 0) is 9.53 Å². The van der Waals surface area contributed by atoms with Crippen LogP contribution < -0.4 is 5.73 Å². The van der Waals surface area contributed by atoms with Gasteiger partial charge in [0.1, 0.15) is 5.75 Å². The van der Waals surface area contributed by atoms with Crippen LogP contribution in [0.3, 0.4) is 0 Å². The number of ether oxygens (including phenoxy) is 1. The number of rotatable bonds is 3. The maximum atomic E-state index is 11.6. The fourth-order valence-corrected chi connectivity index (χ4v) is 1.92. The van der Waals surface area contributed by atoms with E-state index in [-0.39, 0.29) is 24.1 Å². The molecule has 0 bridgehead atoms. The Kier molecular flexibility index (Phi) is 6.13. The van der Waals surface area contributed by atoms with Crippen LogP contribution in [0.25, 0.3) is 0 Å². The number of phenols is 1. The lowest BCUT2D eigenvalue weighted by Gasteiger charge is -2.29. The quantitative estimate of drug-likeness (QED) is 0.831. The number of phenolic OH excluding ortho intramolecular Hbond substituents is 1. The first-order chi connectivity index (χ1) is 7.80. The maximum Gasteiger partial charge on any atom is 0.313 e. The number of carbonyl (C=O) groups excluding carboxylic acids is 1. The van der Waals surface area contributed by atoms with Gasteiger partial charge in [0.25, 0.3) is 0 Å². The molecule has 1 aromatic rings. The zero-order valence-electron chi connectivity index (χ0n) is 10.4. The molecule has 3 N–H and O–H groups in total. The Labute approximate surface area is 121 Å². The number of esters is 1. The lowest BCUT2D eigenvalue weighted by Crippen LogP contribution is -2.37. The molecule has 4 nitrogen and oxygen atoms in total. The summed E-state index contributed by atoms with van der Waals surface area (Å²) in [5, 5.41) is 9.40. The SMILES string of the molecule is COC(=O)C(C)(C)[C@H](N)c1ccc(O)c(Br)c1.Cl. The predicted octanol–water partition coefficient (Wildman–Crippen LogP) is 2.78.